The van der Waals surface area contributed by atoms with Crippen LogP contribution >= 0.6 is 15.9 Å². The van der Waals surface area contributed by atoms with Crippen molar-refractivity contribution < 1.29 is 14.0 Å². The quantitative estimate of drug-likeness (QED) is 0.253. The zero-order chi connectivity index (χ0) is 22.2. The number of rotatable bonds is 10. The SMILES string of the molecule is CCc1cc(OCCCCBr)ccc1-c1noc(-c2ccc(OC(C)C)c(C#N)c2)n1. The molecule has 7 heteroatoms. The highest BCUT2D eigenvalue weighted by Gasteiger charge is 2.16. The second-order valence-electron chi connectivity index (χ2n) is 7.33. The van der Waals surface area contributed by atoms with E-state index in [0.717, 1.165) is 41.5 Å². The summed E-state index contributed by atoms with van der Waals surface area (Å²) in [5, 5.41) is 14.6. The van der Waals surface area contributed by atoms with E-state index in [4.69, 9.17) is 14.0 Å². The van der Waals surface area contributed by atoms with Crippen molar-refractivity contribution in [1.29, 1.82) is 5.26 Å². The zero-order valence-corrected chi connectivity index (χ0v) is 19.6. The standard InChI is InChI=1S/C24H26BrN3O3/c1-4-17-14-20(29-12-6-5-11-25)8-9-21(17)23-27-24(31-28-23)18-7-10-22(30-16(2)3)19(13-18)15-26/h7-10,13-14,16H,4-6,11-12H2,1-3H3. The van der Waals surface area contributed by atoms with E-state index in [9.17, 15) is 5.26 Å². The molecule has 0 spiro atoms. The average Bonchev–Trinajstić information content (AvgIpc) is 3.26. The van der Waals surface area contributed by atoms with Gasteiger partial charge >= 0.3 is 0 Å². The van der Waals surface area contributed by atoms with E-state index in [0.29, 0.717) is 35.2 Å². The summed E-state index contributed by atoms with van der Waals surface area (Å²) in [6.07, 6.45) is 2.89. The second-order valence-corrected chi connectivity index (χ2v) is 8.12. The molecule has 0 bridgehead atoms. The lowest BCUT2D eigenvalue weighted by molar-refractivity contribution is 0.241. The molecule has 3 rings (SSSR count). The predicted octanol–water partition coefficient (Wildman–Crippen LogP) is 6.18. The van der Waals surface area contributed by atoms with Crippen LogP contribution in [0.4, 0.5) is 0 Å². The summed E-state index contributed by atoms with van der Waals surface area (Å²) in [7, 11) is 0. The summed E-state index contributed by atoms with van der Waals surface area (Å²) in [5.74, 6) is 2.26. The Kier molecular flexibility index (Phi) is 8.07. The molecule has 162 valence electrons. The zero-order valence-electron chi connectivity index (χ0n) is 18.0. The Balaban J connectivity index is 1.82. The van der Waals surface area contributed by atoms with Gasteiger partial charge in [-0.3, -0.25) is 0 Å². The predicted molar refractivity (Wildman–Crippen MR) is 124 cm³/mol. The Hall–Kier alpha value is -2.85. The first-order chi connectivity index (χ1) is 15.0. The van der Waals surface area contributed by atoms with E-state index in [2.05, 4.69) is 39.1 Å². The van der Waals surface area contributed by atoms with Gasteiger partial charge in [0.1, 0.15) is 17.6 Å². The Morgan fingerprint density at radius 2 is 2.00 bits per heavy atom. The molecule has 0 saturated heterocycles. The number of halogens is 1. The fraction of sp³-hybridized carbons (Fsp3) is 0.375. The normalized spacial score (nSPS) is 10.8. The fourth-order valence-electron chi connectivity index (χ4n) is 3.11. The van der Waals surface area contributed by atoms with Crippen molar-refractivity contribution >= 4 is 15.9 Å². The highest BCUT2D eigenvalue weighted by atomic mass is 79.9. The molecule has 0 N–H and O–H groups in total. The molecule has 31 heavy (non-hydrogen) atoms. The number of benzene rings is 2. The van der Waals surface area contributed by atoms with Gasteiger partial charge in [-0.15, -0.1) is 0 Å². The van der Waals surface area contributed by atoms with Gasteiger partial charge in [-0.25, -0.2) is 0 Å². The molecular weight excluding hydrogens is 458 g/mol. The minimum Gasteiger partial charge on any atom is -0.494 e. The van der Waals surface area contributed by atoms with E-state index < -0.39 is 0 Å². The minimum atomic E-state index is -0.0169. The lowest BCUT2D eigenvalue weighted by atomic mass is 10.0. The van der Waals surface area contributed by atoms with Gasteiger partial charge in [0.05, 0.1) is 18.3 Å². The van der Waals surface area contributed by atoms with Crippen molar-refractivity contribution in [2.45, 2.75) is 46.1 Å². The van der Waals surface area contributed by atoms with Crippen molar-refractivity contribution in [2.75, 3.05) is 11.9 Å². The van der Waals surface area contributed by atoms with E-state index in [1.54, 1.807) is 12.1 Å². The van der Waals surface area contributed by atoms with Crippen LogP contribution in [0.1, 0.15) is 44.7 Å². The Morgan fingerprint density at radius 3 is 2.71 bits per heavy atom. The second kappa shape index (κ2) is 11.0. The van der Waals surface area contributed by atoms with Crippen LogP contribution in [-0.2, 0) is 6.42 Å². The molecule has 0 radical (unpaired) electrons. The van der Waals surface area contributed by atoms with Crippen LogP contribution in [0.2, 0.25) is 0 Å². The smallest absolute Gasteiger partial charge is 0.258 e. The van der Waals surface area contributed by atoms with Crippen molar-refractivity contribution in [1.82, 2.24) is 10.1 Å². The van der Waals surface area contributed by atoms with Gasteiger partial charge in [-0.1, -0.05) is 28.0 Å². The largest absolute Gasteiger partial charge is 0.494 e. The molecule has 2 aromatic carbocycles. The van der Waals surface area contributed by atoms with Gasteiger partial charge in [-0.2, -0.15) is 10.2 Å². The third-order valence-corrected chi connectivity index (χ3v) is 5.19. The number of aryl methyl sites for hydroxylation is 1. The Labute approximate surface area is 191 Å². The Bertz CT molecular complexity index is 1060. The summed E-state index contributed by atoms with van der Waals surface area (Å²) in [4.78, 5) is 4.57. The van der Waals surface area contributed by atoms with Crippen molar-refractivity contribution in [3.8, 4) is 40.4 Å². The first-order valence-electron chi connectivity index (χ1n) is 10.4. The van der Waals surface area contributed by atoms with Crippen LogP contribution in [-0.4, -0.2) is 28.2 Å². The Morgan fingerprint density at radius 1 is 1.16 bits per heavy atom. The molecule has 0 atom stereocenters. The van der Waals surface area contributed by atoms with Gasteiger partial charge in [-0.05, 0) is 75.1 Å². The maximum Gasteiger partial charge on any atom is 0.258 e. The molecule has 3 aromatic rings. The van der Waals surface area contributed by atoms with Crippen molar-refractivity contribution in [3.05, 3.63) is 47.5 Å². The molecule has 0 amide bonds. The molecule has 0 aliphatic carbocycles. The first kappa shape index (κ1) is 22.8. The van der Waals surface area contributed by atoms with Gasteiger partial charge in [0, 0.05) is 16.5 Å². The van der Waals surface area contributed by atoms with E-state index in [1.807, 2.05) is 38.1 Å². The van der Waals surface area contributed by atoms with E-state index >= 15 is 0 Å². The number of ether oxygens (including phenoxy) is 2. The highest BCUT2D eigenvalue weighted by Crippen LogP contribution is 2.30. The van der Waals surface area contributed by atoms with Crippen LogP contribution in [0.15, 0.2) is 40.9 Å². The number of nitrogens with zero attached hydrogens (tertiary/aromatic N) is 3. The summed E-state index contributed by atoms with van der Waals surface area (Å²) in [6.45, 7) is 6.62. The van der Waals surface area contributed by atoms with Gasteiger partial charge in [0.25, 0.3) is 5.89 Å². The topological polar surface area (TPSA) is 81.2 Å². The summed E-state index contributed by atoms with van der Waals surface area (Å²) < 4.78 is 17.0. The van der Waals surface area contributed by atoms with E-state index in [-0.39, 0.29) is 6.10 Å². The van der Waals surface area contributed by atoms with E-state index in [1.165, 1.54) is 0 Å². The van der Waals surface area contributed by atoms with Crippen LogP contribution in [0.5, 0.6) is 11.5 Å². The third kappa shape index (κ3) is 5.86. The molecule has 0 fully saturated rings. The molecule has 0 aliphatic rings. The van der Waals surface area contributed by atoms with Crippen LogP contribution < -0.4 is 9.47 Å². The lowest BCUT2D eigenvalue weighted by Gasteiger charge is -2.11. The van der Waals surface area contributed by atoms with Crippen LogP contribution in [0.25, 0.3) is 22.8 Å². The third-order valence-electron chi connectivity index (χ3n) is 4.63. The van der Waals surface area contributed by atoms with Crippen molar-refractivity contribution in [3.63, 3.8) is 0 Å². The summed E-state index contributed by atoms with van der Waals surface area (Å²) >= 11 is 3.43. The number of aromatic nitrogens is 2. The number of alkyl halides is 1. The molecule has 0 unspecified atom stereocenters. The van der Waals surface area contributed by atoms with Gasteiger partial charge in [0.15, 0.2) is 0 Å². The maximum atomic E-state index is 9.46. The monoisotopic (exact) mass is 483 g/mol. The summed E-state index contributed by atoms with van der Waals surface area (Å²) in [6, 6.07) is 13.4. The number of hydrogen-bond acceptors (Lipinski definition) is 6. The molecular formula is C24H26BrN3O3. The van der Waals surface area contributed by atoms with Gasteiger partial charge < -0.3 is 14.0 Å². The highest BCUT2D eigenvalue weighted by molar-refractivity contribution is 9.09. The van der Waals surface area contributed by atoms with Gasteiger partial charge in [0.2, 0.25) is 5.82 Å². The number of nitriles is 1. The maximum absolute atomic E-state index is 9.46. The fourth-order valence-corrected chi connectivity index (χ4v) is 3.51. The molecule has 0 aliphatic heterocycles. The van der Waals surface area contributed by atoms with Crippen LogP contribution in [0, 0.1) is 11.3 Å². The summed E-state index contributed by atoms with van der Waals surface area (Å²) in [5.41, 5.74) is 3.10. The minimum absolute atomic E-state index is 0.0169. The number of unbranched alkanes of at least 4 members (excludes halogenated alkanes) is 1. The molecule has 1 heterocycles. The first-order valence-corrected chi connectivity index (χ1v) is 11.5. The van der Waals surface area contributed by atoms with Crippen molar-refractivity contribution in [2.24, 2.45) is 0 Å². The lowest BCUT2D eigenvalue weighted by Crippen LogP contribution is -2.06. The molecule has 6 nitrogen and oxygen atoms in total. The van der Waals surface area contributed by atoms with Crippen LogP contribution in [0.3, 0.4) is 0 Å². The average molecular weight is 484 g/mol. The number of hydrogen-bond donors (Lipinski definition) is 0. The molecule has 0 saturated carbocycles. The molecule has 1 aromatic heterocycles.